The first kappa shape index (κ1) is 11.1. The Labute approximate surface area is 90.5 Å². The molecule has 1 rings (SSSR count). The van der Waals surface area contributed by atoms with Crippen LogP contribution >= 0.6 is 11.6 Å². The molecule has 0 amide bonds. The number of benzene rings is 1. The molecule has 0 atom stereocenters. The summed E-state index contributed by atoms with van der Waals surface area (Å²) in [5.74, 6) is 6.23. The quantitative estimate of drug-likeness (QED) is 0.699. The lowest BCUT2D eigenvalue weighted by molar-refractivity contribution is 0.548. The fourth-order valence-electron chi connectivity index (χ4n) is 0.824. The van der Waals surface area contributed by atoms with Crippen molar-refractivity contribution in [2.24, 2.45) is 0 Å². The molecule has 1 N–H and O–H groups in total. The summed E-state index contributed by atoms with van der Waals surface area (Å²) in [6.45, 7) is 4.08. The lowest BCUT2D eigenvalue weighted by Crippen LogP contribution is -2.34. The van der Waals surface area contributed by atoms with E-state index < -0.39 is 0 Å². The molecule has 0 spiro atoms. The van der Waals surface area contributed by atoms with Crippen LogP contribution in [-0.4, -0.2) is 12.6 Å². The van der Waals surface area contributed by atoms with Crippen molar-refractivity contribution in [1.29, 1.82) is 0 Å². The van der Waals surface area contributed by atoms with E-state index in [9.17, 15) is 0 Å². The lowest BCUT2D eigenvalue weighted by atomic mass is 10.1. The first-order valence-electron chi connectivity index (χ1n) is 4.51. The predicted octanol–water partition coefficient (Wildman–Crippen LogP) is 2.69. The van der Waals surface area contributed by atoms with Gasteiger partial charge in [0.25, 0.3) is 0 Å². The third-order valence-corrected chi connectivity index (χ3v) is 2.24. The zero-order valence-corrected chi connectivity index (χ0v) is 9.44. The van der Waals surface area contributed by atoms with Crippen LogP contribution in [-0.2, 0) is 0 Å². The van der Waals surface area contributed by atoms with Crippen molar-refractivity contribution >= 4 is 11.6 Å². The summed E-state index contributed by atoms with van der Waals surface area (Å²) in [4.78, 5) is 0. The molecule has 74 valence electrons. The summed E-state index contributed by atoms with van der Waals surface area (Å²) >= 11 is 5.77. The third-order valence-electron chi connectivity index (χ3n) is 1.99. The molecule has 0 heterocycles. The molecular weight excluding hydrogens is 194 g/mol. The lowest BCUT2D eigenvalue weighted by Gasteiger charge is -2.15. The van der Waals surface area contributed by atoms with Gasteiger partial charge in [0.05, 0.1) is 5.54 Å². The highest BCUT2D eigenvalue weighted by Gasteiger charge is 2.08. The van der Waals surface area contributed by atoms with Gasteiger partial charge in [0, 0.05) is 10.6 Å². The van der Waals surface area contributed by atoms with Crippen molar-refractivity contribution in [1.82, 2.24) is 5.32 Å². The van der Waals surface area contributed by atoms with Gasteiger partial charge >= 0.3 is 0 Å². The number of halogens is 1. The molecule has 0 bridgehead atoms. The molecule has 0 unspecified atom stereocenters. The van der Waals surface area contributed by atoms with Gasteiger partial charge in [0.2, 0.25) is 0 Å². The molecular formula is C12H14ClN. The monoisotopic (exact) mass is 207 g/mol. The van der Waals surface area contributed by atoms with Crippen LogP contribution in [0, 0.1) is 11.8 Å². The summed E-state index contributed by atoms with van der Waals surface area (Å²) in [7, 11) is 1.90. The summed E-state index contributed by atoms with van der Waals surface area (Å²) in [5, 5.41) is 3.86. The van der Waals surface area contributed by atoms with E-state index in [1.54, 1.807) is 0 Å². The Morgan fingerprint density at radius 2 is 1.79 bits per heavy atom. The van der Waals surface area contributed by atoms with Crippen LogP contribution in [0.1, 0.15) is 19.4 Å². The van der Waals surface area contributed by atoms with Crippen LogP contribution in [0.3, 0.4) is 0 Å². The summed E-state index contributed by atoms with van der Waals surface area (Å²) < 4.78 is 0. The summed E-state index contributed by atoms with van der Waals surface area (Å²) in [6.07, 6.45) is 0. The molecule has 0 radical (unpaired) electrons. The Bertz CT molecular complexity index is 354. The average molecular weight is 208 g/mol. The van der Waals surface area contributed by atoms with Crippen molar-refractivity contribution in [3.63, 3.8) is 0 Å². The molecule has 14 heavy (non-hydrogen) atoms. The molecule has 0 aromatic heterocycles. The second kappa shape index (κ2) is 4.50. The van der Waals surface area contributed by atoms with Crippen LogP contribution in [0.15, 0.2) is 24.3 Å². The zero-order chi connectivity index (χ0) is 10.6. The second-order valence-corrected chi connectivity index (χ2v) is 4.07. The number of rotatable bonds is 1. The fourth-order valence-corrected chi connectivity index (χ4v) is 0.950. The van der Waals surface area contributed by atoms with Gasteiger partial charge in [-0.2, -0.15) is 0 Å². The van der Waals surface area contributed by atoms with Crippen LogP contribution in [0.25, 0.3) is 0 Å². The second-order valence-electron chi connectivity index (χ2n) is 3.63. The third kappa shape index (κ3) is 3.41. The van der Waals surface area contributed by atoms with Gasteiger partial charge in [-0.05, 0) is 45.2 Å². The van der Waals surface area contributed by atoms with Crippen LogP contribution in [0.5, 0.6) is 0 Å². The van der Waals surface area contributed by atoms with Crippen LogP contribution < -0.4 is 5.32 Å². The van der Waals surface area contributed by atoms with Gasteiger partial charge in [-0.15, -0.1) is 0 Å². The first-order chi connectivity index (χ1) is 6.53. The fraction of sp³-hybridized carbons (Fsp3) is 0.333. The molecule has 0 saturated carbocycles. The van der Waals surface area contributed by atoms with Crippen molar-refractivity contribution in [2.75, 3.05) is 7.05 Å². The number of hydrogen-bond acceptors (Lipinski definition) is 1. The van der Waals surface area contributed by atoms with Crippen molar-refractivity contribution in [3.05, 3.63) is 34.9 Å². The Kier molecular flexibility index (Phi) is 3.57. The average Bonchev–Trinajstić information content (AvgIpc) is 2.17. The Morgan fingerprint density at radius 3 is 2.29 bits per heavy atom. The van der Waals surface area contributed by atoms with Crippen molar-refractivity contribution in [2.45, 2.75) is 19.4 Å². The maximum atomic E-state index is 5.77. The highest BCUT2D eigenvalue weighted by molar-refractivity contribution is 6.30. The summed E-state index contributed by atoms with van der Waals surface area (Å²) in [6, 6.07) is 7.53. The minimum Gasteiger partial charge on any atom is -0.305 e. The van der Waals surface area contributed by atoms with Gasteiger partial charge in [0.15, 0.2) is 0 Å². The van der Waals surface area contributed by atoms with E-state index in [1.807, 2.05) is 45.2 Å². The highest BCUT2D eigenvalue weighted by atomic mass is 35.5. The van der Waals surface area contributed by atoms with E-state index in [4.69, 9.17) is 11.6 Å². The van der Waals surface area contributed by atoms with Crippen molar-refractivity contribution in [3.8, 4) is 11.8 Å². The Morgan fingerprint density at radius 1 is 1.21 bits per heavy atom. The normalized spacial score (nSPS) is 10.6. The van der Waals surface area contributed by atoms with E-state index in [0.29, 0.717) is 0 Å². The topological polar surface area (TPSA) is 12.0 Å². The number of hydrogen-bond donors (Lipinski definition) is 1. The summed E-state index contributed by atoms with van der Waals surface area (Å²) in [5.41, 5.74) is 0.831. The maximum absolute atomic E-state index is 5.77. The molecule has 1 aromatic carbocycles. The van der Waals surface area contributed by atoms with E-state index in [-0.39, 0.29) is 5.54 Å². The Balaban J connectivity index is 2.83. The smallest absolute Gasteiger partial charge is 0.0745 e. The van der Waals surface area contributed by atoms with E-state index in [2.05, 4.69) is 17.2 Å². The van der Waals surface area contributed by atoms with Gasteiger partial charge in [-0.1, -0.05) is 23.4 Å². The van der Waals surface area contributed by atoms with E-state index >= 15 is 0 Å². The van der Waals surface area contributed by atoms with Crippen molar-refractivity contribution < 1.29 is 0 Å². The van der Waals surface area contributed by atoms with Gasteiger partial charge in [-0.25, -0.2) is 0 Å². The van der Waals surface area contributed by atoms with E-state index in [1.165, 1.54) is 0 Å². The minimum atomic E-state index is -0.153. The van der Waals surface area contributed by atoms with Crippen LogP contribution in [0.2, 0.25) is 5.02 Å². The molecule has 0 fully saturated rings. The molecule has 0 aliphatic rings. The molecule has 2 heteroatoms. The predicted molar refractivity (Wildman–Crippen MR) is 61.5 cm³/mol. The standard InChI is InChI=1S/C12H14ClN/c1-12(2,14-3)9-8-10-4-6-11(13)7-5-10/h4-7,14H,1-3H3. The molecule has 0 aliphatic heterocycles. The molecule has 0 saturated heterocycles. The SMILES string of the molecule is CNC(C)(C)C#Cc1ccc(Cl)cc1. The first-order valence-corrected chi connectivity index (χ1v) is 4.89. The van der Waals surface area contributed by atoms with Crippen LogP contribution in [0.4, 0.5) is 0 Å². The maximum Gasteiger partial charge on any atom is 0.0745 e. The van der Waals surface area contributed by atoms with Gasteiger partial charge in [0.1, 0.15) is 0 Å². The number of nitrogens with one attached hydrogen (secondary N) is 1. The Hall–Kier alpha value is -0.970. The molecule has 1 aromatic rings. The van der Waals surface area contributed by atoms with E-state index in [0.717, 1.165) is 10.6 Å². The largest absolute Gasteiger partial charge is 0.305 e. The minimum absolute atomic E-state index is 0.153. The van der Waals surface area contributed by atoms with Gasteiger partial charge < -0.3 is 5.32 Å². The molecule has 0 aliphatic carbocycles. The van der Waals surface area contributed by atoms with Gasteiger partial charge in [-0.3, -0.25) is 0 Å². The highest BCUT2D eigenvalue weighted by Crippen LogP contribution is 2.08. The molecule has 1 nitrogen and oxygen atoms in total. The zero-order valence-electron chi connectivity index (χ0n) is 8.69.